The SMILES string of the molecule is CC(=O)Oc1c(C)c(C)c2c(c1C)C=CC(C)(COc1ccc([N+](=O)[O-])cc1)O2. The van der Waals surface area contributed by atoms with Gasteiger partial charge in [0.1, 0.15) is 23.9 Å². The van der Waals surface area contributed by atoms with Crippen molar-refractivity contribution in [2.24, 2.45) is 0 Å². The average molecular weight is 397 g/mol. The largest absolute Gasteiger partial charge is 0.489 e. The fraction of sp³-hybridized carbons (Fsp3) is 0.318. The summed E-state index contributed by atoms with van der Waals surface area (Å²) in [4.78, 5) is 21.8. The maximum atomic E-state index is 11.5. The zero-order valence-corrected chi connectivity index (χ0v) is 17.1. The summed E-state index contributed by atoms with van der Waals surface area (Å²) < 4.78 is 17.5. The number of fused-ring (bicyclic) bond motifs is 1. The van der Waals surface area contributed by atoms with Gasteiger partial charge in [-0.05, 0) is 57.0 Å². The molecule has 0 saturated heterocycles. The normalized spacial score (nSPS) is 17.3. The Morgan fingerprint density at radius 1 is 1.14 bits per heavy atom. The summed E-state index contributed by atoms with van der Waals surface area (Å²) in [5.74, 6) is 1.45. The summed E-state index contributed by atoms with van der Waals surface area (Å²) in [6, 6.07) is 5.93. The van der Waals surface area contributed by atoms with Crippen LogP contribution in [0.3, 0.4) is 0 Å². The highest BCUT2D eigenvalue weighted by Gasteiger charge is 2.32. The second kappa shape index (κ2) is 7.58. The van der Waals surface area contributed by atoms with Crippen molar-refractivity contribution < 1.29 is 23.9 Å². The van der Waals surface area contributed by atoms with Gasteiger partial charge >= 0.3 is 5.97 Å². The van der Waals surface area contributed by atoms with E-state index in [0.717, 1.165) is 28.0 Å². The van der Waals surface area contributed by atoms with E-state index in [2.05, 4.69) is 0 Å². The number of carbonyl (C=O) groups is 1. The lowest BCUT2D eigenvalue weighted by atomic mass is 9.92. The van der Waals surface area contributed by atoms with E-state index in [-0.39, 0.29) is 18.3 Å². The molecule has 2 aromatic rings. The molecule has 7 heteroatoms. The maximum absolute atomic E-state index is 11.5. The highest BCUT2D eigenvalue weighted by molar-refractivity contribution is 5.76. The van der Waals surface area contributed by atoms with Crippen molar-refractivity contribution in [3.05, 3.63) is 62.7 Å². The molecule has 1 unspecified atom stereocenters. The van der Waals surface area contributed by atoms with Crippen LogP contribution in [-0.4, -0.2) is 23.1 Å². The minimum atomic E-state index is -0.721. The van der Waals surface area contributed by atoms with Gasteiger partial charge in [0.15, 0.2) is 5.60 Å². The van der Waals surface area contributed by atoms with Crippen LogP contribution in [0.25, 0.3) is 6.08 Å². The molecule has 1 aliphatic rings. The summed E-state index contributed by atoms with van der Waals surface area (Å²) in [5, 5.41) is 10.8. The number of hydrogen-bond donors (Lipinski definition) is 0. The Labute approximate surface area is 169 Å². The van der Waals surface area contributed by atoms with Gasteiger partial charge in [0.05, 0.1) is 4.92 Å². The summed E-state index contributed by atoms with van der Waals surface area (Å²) in [5.41, 5.74) is 2.75. The number of carbonyl (C=O) groups excluding carboxylic acids is 1. The molecule has 3 rings (SSSR count). The first kappa shape index (κ1) is 20.4. The third-order valence-corrected chi connectivity index (χ3v) is 4.99. The summed E-state index contributed by atoms with van der Waals surface area (Å²) in [7, 11) is 0. The lowest BCUT2D eigenvalue weighted by Gasteiger charge is -2.34. The number of non-ortho nitro benzene ring substituents is 1. The molecule has 0 amide bonds. The summed E-state index contributed by atoms with van der Waals surface area (Å²) >= 11 is 0. The van der Waals surface area contributed by atoms with Gasteiger partial charge in [-0.2, -0.15) is 0 Å². The molecule has 152 valence electrons. The highest BCUT2D eigenvalue weighted by Crippen LogP contribution is 2.43. The van der Waals surface area contributed by atoms with Crippen LogP contribution in [0.5, 0.6) is 17.2 Å². The Balaban J connectivity index is 1.83. The number of esters is 1. The molecule has 0 bridgehead atoms. The minimum Gasteiger partial charge on any atom is -0.489 e. The molecule has 0 radical (unpaired) electrons. The number of hydrogen-bond acceptors (Lipinski definition) is 6. The van der Waals surface area contributed by atoms with Gasteiger partial charge in [0, 0.05) is 30.2 Å². The van der Waals surface area contributed by atoms with Crippen molar-refractivity contribution in [3.8, 4) is 17.2 Å². The van der Waals surface area contributed by atoms with Crippen LogP contribution in [0.2, 0.25) is 0 Å². The lowest BCUT2D eigenvalue weighted by molar-refractivity contribution is -0.384. The van der Waals surface area contributed by atoms with Crippen molar-refractivity contribution in [2.75, 3.05) is 6.61 Å². The first-order valence-corrected chi connectivity index (χ1v) is 9.19. The molecule has 0 fully saturated rings. The van der Waals surface area contributed by atoms with Gasteiger partial charge in [0.2, 0.25) is 0 Å². The first-order valence-electron chi connectivity index (χ1n) is 9.19. The number of nitro groups is 1. The van der Waals surface area contributed by atoms with Crippen molar-refractivity contribution in [1.82, 2.24) is 0 Å². The Morgan fingerprint density at radius 3 is 2.38 bits per heavy atom. The fourth-order valence-corrected chi connectivity index (χ4v) is 3.24. The van der Waals surface area contributed by atoms with Gasteiger partial charge in [-0.3, -0.25) is 14.9 Å². The summed E-state index contributed by atoms with van der Waals surface area (Å²) in [6.07, 6.45) is 3.85. The zero-order chi connectivity index (χ0) is 21.3. The van der Waals surface area contributed by atoms with Crippen molar-refractivity contribution >= 4 is 17.7 Å². The van der Waals surface area contributed by atoms with Gasteiger partial charge in [-0.15, -0.1) is 0 Å². The van der Waals surface area contributed by atoms with E-state index in [1.54, 1.807) is 12.1 Å². The molecule has 0 spiro atoms. The minimum absolute atomic E-state index is 0.0106. The molecule has 0 aromatic heterocycles. The van der Waals surface area contributed by atoms with Crippen molar-refractivity contribution in [1.29, 1.82) is 0 Å². The maximum Gasteiger partial charge on any atom is 0.308 e. The first-order chi connectivity index (χ1) is 13.6. The second-order valence-electron chi connectivity index (χ2n) is 7.33. The molecule has 1 heterocycles. The molecule has 29 heavy (non-hydrogen) atoms. The quantitative estimate of drug-likeness (QED) is 0.315. The van der Waals surface area contributed by atoms with Crippen LogP contribution in [0.1, 0.15) is 36.1 Å². The average Bonchev–Trinajstić information content (AvgIpc) is 2.68. The van der Waals surface area contributed by atoms with Gasteiger partial charge < -0.3 is 14.2 Å². The van der Waals surface area contributed by atoms with E-state index in [9.17, 15) is 14.9 Å². The molecule has 1 atom stereocenters. The smallest absolute Gasteiger partial charge is 0.308 e. The molecule has 7 nitrogen and oxygen atoms in total. The number of nitrogens with zero attached hydrogens (tertiary/aromatic N) is 1. The monoisotopic (exact) mass is 397 g/mol. The van der Waals surface area contributed by atoms with E-state index in [1.165, 1.54) is 19.1 Å². The van der Waals surface area contributed by atoms with Crippen LogP contribution < -0.4 is 14.2 Å². The van der Waals surface area contributed by atoms with Gasteiger partial charge in [-0.1, -0.05) is 6.08 Å². The Kier molecular flexibility index (Phi) is 5.33. The highest BCUT2D eigenvalue weighted by atomic mass is 16.6. The van der Waals surface area contributed by atoms with Crippen LogP contribution in [0.4, 0.5) is 5.69 Å². The Morgan fingerprint density at radius 2 is 1.79 bits per heavy atom. The number of nitro benzene ring substituents is 1. The topological polar surface area (TPSA) is 87.9 Å². The summed E-state index contributed by atoms with van der Waals surface area (Å²) in [6.45, 7) is 9.23. The second-order valence-corrected chi connectivity index (χ2v) is 7.33. The lowest BCUT2D eigenvalue weighted by Crippen LogP contribution is -2.39. The van der Waals surface area contributed by atoms with Crippen LogP contribution in [0.15, 0.2) is 30.3 Å². The Bertz CT molecular complexity index is 1010. The molecule has 1 aliphatic heterocycles. The molecule has 0 saturated carbocycles. The Hall–Kier alpha value is -3.35. The van der Waals surface area contributed by atoms with E-state index >= 15 is 0 Å². The van der Waals surface area contributed by atoms with Crippen molar-refractivity contribution in [2.45, 2.75) is 40.2 Å². The third-order valence-electron chi connectivity index (χ3n) is 4.99. The van der Waals surface area contributed by atoms with Crippen LogP contribution in [-0.2, 0) is 4.79 Å². The van der Waals surface area contributed by atoms with Crippen LogP contribution in [0, 0.1) is 30.9 Å². The van der Waals surface area contributed by atoms with E-state index in [0.29, 0.717) is 11.5 Å². The fourth-order valence-electron chi connectivity index (χ4n) is 3.24. The predicted octanol–water partition coefficient (Wildman–Crippen LogP) is 4.69. The molecule has 0 aliphatic carbocycles. The molecular formula is C22H23NO6. The number of ether oxygens (including phenoxy) is 3. The number of rotatable bonds is 5. The standard InChI is InChI=1S/C22H23NO6/c1-13-14(2)21-19(15(3)20(13)28-16(4)24)10-11-22(5,29-21)12-27-18-8-6-17(7-9-18)23(25)26/h6-11H,12H2,1-5H3. The zero-order valence-electron chi connectivity index (χ0n) is 17.1. The van der Waals surface area contributed by atoms with E-state index in [1.807, 2.05) is 39.8 Å². The van der Waals surface area contributed by atoms with Crippen molar-refractivity contribution in [3.63, 3.8) is 0 Å². The molecule has 2 aromatic carbocycles. The van der Waals surface area contributed by atoms with E-state index < -0.39 is 10.5 Å². The van der Waals surface area contributed by atoms with Gasteiger partial charge in [0.25, 0.3) is 5.69 Å². The number of benzene rings is 2. The molecular weight excluding hydrogens is 374 g/mol. The third kappa shape index (κ3) is 4.08. The van der Waals surface area contributed by atoms with Crippen LogP contribution >= 0.6 is 0 Å². The predicted molar refractivity (Wildman–Crippen MR) is 109 cm³/mol. The molecule has 0 N–H and O–H groups in total. The van der Waals surface area contributed by atoms with E-state index in [4.69, 9.17) is 14.2 Å². The van der Waals surface area contributed by atoms with Gasteiger partial charge in [-0.25, -0.2) is 0 Å².